The molecule has 3 N–H and O–H groups in total. The number of aromatic nitrogens is 2. The fourth-order valence-corrected chi connectivity index (χ4v) is 1.89. The van der Waals surface area contributed by atoms with Gasteiger partial charge >= 0.3 is 5.97 Å². The maximum Gasteiger partial charge on any atom is 0.322 e. The Morgan fingerprint density at radius 3 is 2.68 bits per heavy atom. The monoisotopic (exact) mass is 308 g/mol. The van der Waals surface area contributed by atoms with Gasteiger partial charge in [-0.15, -0.1) is 0 Å². The van der Waals surface area contributed by atoms with Crippen LogP contribution in [0.15, 0.2) is 18.3 Å². The van der Waals surface area contributed by atoms with Gasteiger partial charge in [0.05, 0.1) is 12.2 Å². The van der Waals surface area contributed by atoms with E-state index in [4.69, 9.17) is 5.11 Å². The Balaban J connectivity index is 2.10. The Bertz CT molecular complexity index is 756. The smallest absolute Gasteiger partial charge is 0.322 e. The predicted octanol–water partition coefficient (Wildman–Crippen LogP) is -0.288. The maximum absolute atomic E-state index is 13.3. The van der Waals surface area contributed by atoms with Crippen molar-refractivity contribution in [2.45, 2.75) is 6.92 Å². The number of amides is 2. The molecule has 0 radical (unpaired) electrons. The molecule has 0 unspecified atom stereocenters. The first-order valence-electron chi connectivity index (χ1n) is 6.29. The lowest BCUT2D eigenvalue weighted by Crippen LogP contribution is -2.39. The van der Waals surface area contributed by atoms with Crippen molar-refractivity contribution in [2.75, 3.05) is 13.1 Å². The second-order valence-electron chi connectivity index (χ2n) is 4.47. The fraction of sp³-hybridized carbons (Fsp3) is 0.231. The molecule has 116 valence electrons. The van der Waals surface area contributed by atoms with Crippen molar-refractivity contribution in [2.24, 2.45) is 0 Å². The fourth-order valence-electron chi connectivity index (χ4n) is 1.89. The summed E-state index contributed by atoms with van der Waals surface area (Å²) < 4.78 is 14.6. The summed E-state index contributed by atoms with van der Waals surface area (Å²) in [6.45, 7) is 0.660. The molecule has 2 heterocycles. The first-order valence-corrected chi connectivity index (χ1v) is 6.29. The molecule has 9 heteroatoms. The SMILES string of the molecule is Cc1nc2ccc(F)cn2c1C(=O)NCC(=O)NCC(=O)O. The topological polar surface area (TPSA) is 113 Å². The van der Waals surface area contributed by atoms with Crippen LogP contribution in [0.25, 0.3) is 5.65 Å². The Kier molecular flexibility index (Phi) is 4.35. The molecule has 2 rings (SSSR count). The Morgan fingerprint density at radius 2 is 2.00 bits per heavy atom. The summed E-state index contributed by atoms with van der Waals surface area (Å²) in [7, 11) is 0. The number of rotatable bonds is 5. The van der Waals surface area contributed by atoms with Crippen LogP contribution in [0.1, 0.15) is 16.2 Å². The van der Waals surface area contributed by atoms with E-state index in [9.17, 15) is 18.8 Å². The van der Waals surface area contributed by atoms with Crippen LogP contribution in [0.5, 0.6) is 0 Å². The number of carboxylic acid groups (broad SMARTS) is 1. The molecule has 0 aliphatic heterocycles. The van der Waals surface area contributed by atoms with Gasteiger partial charge in [0.15, 0.2) is 0 Å². The number of fused-ring (bicyclic) bond motifs is 1. The Labute approximate surface area is 124 Å². The van der Waals surface area contributed by atoms with E-state index in [2.05, 4.69) is 15.6 Å². The molecule has 0 saturated heterocycles. The van der Waals surface area contributed by atoms with E-state index < -0.39 is 36.7 Å². The second-order valence-corrected chi connectivity index (χ2v) is 4.47. The van der Waals surface area contributed by atoms with E-state index in [1.807, 2.05) is 0 Å². The largest absolute Gasteiger partial charge is 0.480 e. The number of carboxylic acids is 1. The zero-order chi connectivity index (χ0) is 16.3. The number of nitrogens with one attached hydrogen (secondary N) is 2. The lowest BCUT2D eigenvalue weighted by molar-refractivity contribution is -0.137. The van der Waals surface area contributed by atoms with Crippen molar-refractivity contribution < 1.29 is 23.9 Å². The molecular formula is C13H13FN4O4. The lowest BCUT2D eigenvalue weighted by Gasteiger charge is -2.06. The summed E-state index contributed by atoms with van der Waals surface area (Å²) in [6, 6.07) is 2.65. The summed E-state index contributed by atoms with van der Waals surface area (Å²) in [6.07, 6.45) is 1.12. The number of hydrogen-bond acceptors (Lipinski definition) is 4. The van der Waals surface area contributed by atoms with Crippen molar-refractivity contribution >= 4 is 23.4 Å². The zero-order valence-corrected chi connectivity index (χ0v) is 11.6. The quantitative estimate of drug-likeness (QED) is 0.702. The number of carbonyl (C=O) groups is 3. The van der Waals surface area contributed by atoms with Gasteiger partial charge < -0.3 is 15.7 Å². The molecular weight excluding hydrogens is 295 g/mol. The van der Waals surface area contributed by atoms with E-state index in [0.29, 0.717) is 11.3 Å². The van der Waals surface area contributed by atoms with Crippen LogP contribution < -0.4 is 10.6 Å². The van der Waals surface area contributed by atoms with E-state index in [-0.39, 0.29) is 5.69 Å². The normalized spacial score (nSPS) is 10.5. The molecule has 0 fully saturated rings. The first-order chi connectivity index (χ1) is 10.4. The van der Waals surface area contributed by atoms with Gasteiger partial charge in [-0.1, -0.05) is 0 Å². The third-order valence-corrected chi connectivity index (χ3v) is 2.82. The minimum atomic E-state index is -1.19. The van der Waals surface area contributed by atoms with Gasteiger partial charge in [-0.2, -0.15) is 0 Å². The van der Waals surface area contributed by atoms with Gasteiger partial charge in [-0.05, 0) is 19.1 Å². The molecule has 2 amide bonds. The molecule has 0 bridgehead atoms. The summed E-state index contributed by atoms with van der Waals surface area (Å²) >= 11 is 0. The van der Waals surface area contributed by atoms with Gasteiger partial charge in [-0.3, -0.25) is 18.8 Å². The molecule has 8 nitrogen and oxygen atoms in total. The van der Waals surface area contributed by atoms with E-state index in [1.165, 1.54) is 16.5 Å². The van der Waals surface area contributed by atoms with Crippen LogP contribution in [0.3, 0.4) is 0 Å². The number of pyridine rings is 1. The standard InChI is InChI=1S/C13H13FN4O4/c1-7-12(18-6-8(14)2-3-9(18)17-7)13(22)16-4-10(19)15-5-11(20)21/h2-3,6H,4-5H2,1H3,(H,15,19)(H,16,22)(H,20,21). The molecule has 2 aromatic rings. The summed E-state index contributed by atoms with van der Waals surface area (Å²) in [4.78, 5) is 37.9. The van der Waals surface area contributed by atoms with E-state index in [1.54, 1.807) is 6.92 Å². The third-order valence-electron chi connectivity index (χ3n) is 2.82. The summed E-state index contributed by atoms with van der Waals surface area (Å²) in [5.74, 6) is -2.97. The molecule has 0 spiro atoms. The van der Waals surface area contributed by atoms with E-state index in [0.717, 1.165) is 6.20 Å². The molecule has 0 atom stereocenters. The number of nitrogens with zero attached hydrogens (tertiary/aromatic N) is 2. The van der Waals surface area contributed by atoms with Crippen molar-refractivity contribution in [1.82, 2.24) is 20.0 Å². The summed E-state index contributed by atoms with van der Waals surface area (Å²) in [5.41, 5.74) is 0.897. The molecule has 22 heavy (non-hydrogen) atoms. The van der Waals surface area contributed by atoms with Crippen LogP contribution >= 0.6 is 0 Å². The van der Waals surface area contributed by atoms with Crippen LogP contribution in [-0.2, 0) is 9.59 Å². The van der Waals surface area contributed by atoms with Gasteiger partial charge in [0.1, 0.15) is 23.7 Å². The Morgan fingerprint density at radius 1 is 1.27 bits per heavy atom. The molecule has 2 aromatic heterocycles. The highest BCUT2D eigenvalue weighted by Crippen LogP contribution is 2.12. The number of aliphatic carboxylic acids is 1. The van der Waals surface area contributed by atoms with Gasteiger partial charge in [0, 0.05) is 6.20 Å². The minimum absolute atomic E-state index is 0.112. The van der Waals surface area contributed by atoms with Crippen molar-refractivity contribution in [3.8, 4) is 0 Å². The van der Waals surface area contributed by atoms with Gasteiger partial charge in [0.25, 0.3) is 5.91 Å². The zero-order valence-electron chi connectivity index (χ0n) is 11.6. The number of halogens is 1. The number of hydrogen-bond donors (Lipinski definition) is 3. The molecule has 0 aliphatic carbocycles. The number of imidazole rings is 1. The maximum atomic E-state index is 13.3. The van der Waals surface area contributed by atoms with Gasteiger partial charge in [0.2, 0.25) is 5.91 Å². The molecule has 0 aliphatic rings. The number of carbonyl (C=O) groups excluding carboxylic acids is 2. The van der Waals surface area contributed by atoms with Crippen molar-refractivity contribution in [3.05, 3.63) is 35.5 Å². The summed E-state index contributed by atoms with van der Waals surface area (Å²) in [5, 5.41) is 12.9. The van der Waals surface area contributed by atoms with Gasteiger partial charge in [-0.25, -0.2) is 9.37 Å². The third kappa shape index (κ3) is 3.37. The van der Waals surface area contributed by atoms with Crippen molar-refractivity contribution in [3.63, 3.8) is 0 Å². The molecule has 0 aromatic carbocycles. The first kappa shape index (κ1) is 15.4. The highest BCUT2D eigenvalue weighted by molar-refractivity contribution is 5.97. The van der Waals surface area contributed by atoms with Crippen LogP contribution in [0.4, 0.5) is 4.39 Å². The van der Waals surface area contributed by atoms with Crippen molar-refractivity contribution in [1.29, 1.82) is 0 Å². The minimum Gasteiger partial charge on any atom is -0.480 e. The lowest BCUT2D eigenvalue weighted by atomic mass is 10.3. The highest BCUT2D eigenvalue weighted by Gasteiger charge is 2.17. The van der Waals surface area contributed by atoms with Crippen LogP contribution in [-0.4, -0.2) is 45.4 Å². The second kappa shape index (κ2) is 6.20. The molecule has 0 saturated carbocycles. The predicted molar refractivity (Wildman–Crippen MR) is 72.9 cm³/mol. The number of aryl methyl sites for hydroxylation is 1. The van der Waals surface area contributed by atoms with Crippen LogP contribution in [0, 0.1) is 12.7 Å². The van der Waals surface area contributed by atoms with E-state index >= 15 is 0 Å². The Hall–Kier alpha value is -2.97. The average molecular weight is 308 g/mol. The average Bonchev–Trinajstić information content (AvgIpc) is 2.77. The highest BCUT2D eigenvalue weighted by atomic mass is 19.1. The van der Waals surface area contributed by atoms with Crippen LogP contribution in [0.2, 0.25) is 0 Å².